The van der Waals surface area contributed by atoms with Crippen LogP contribution >= 0.6 is 0 Å². The monoisotopic (exact) mass is 298 g/mol. The molecule has 1 aliphatic heterocycles. The summed E-state index contributed by atoms with van der Waals surface area (Å²) < 4.78 is 5.55. The molecule has 0 aromatic heterocycles. The highest BCUT2D eigenvalue weighted by Gasteiger charge is 2.64. The lowest BCUT2D eigenvalue weighted by Crippen LogP contribution is -2.42. The van der Waals surface area contributed by atoms with E-state index in [-0.39, 0.29) is 23.5 Å². The third kappa shape index (κ3) is 2.45. The number of carbonyl (C=O) groups is 1. The topological polar surface area (TPSA) is 53.3 Å². The zero-order valence-electron chi connectivity index (χ0n) is 13.4. The van der Waals surface area contributed by atoms with E-state index in [0.29, 0.717) is 6.54 Å². The highest BCUT2D eigenvalue weighted by Crippen LogP contribution is 2.57. The lowest BCUT2D eigenvalue weighted by Gasteiger charge is -2.29. The molecule has 1 spiro atoms. The number of likely N-dealkylation sites (tertiary alicyclic amines) is 1. The van der Waals surface area contributed by atoms with Gasteiger partial charge in [-0.1, -0.05) is 30.3 Å². The molecule has 0 bridgehead atoms. The van der Waals surface area contributed by atoms with Crippen LogP contribution in [0.2, 0.25) is 0 Å². The highest BCUT2D eigenvalue weighted by molar-refractivity contribution is 5.71. The minimum atomic E-state index is -0.514. The second-order valence-electron chi connectivity index (χ2n) is 7.32. The maximum atomic E-state index is 12.5. The number of rotatable bonds is 1. The Labute approximate surface area is 131 Å². The molecule has 3 rings (SSSR count). The Balaban J connectivity index is 1.88. The van der Waals surface area contributed by atoms with E-state index in [2.05, 4.69) is 6.07 Å². The standard InChI is InChI=1S/C18H22N2O2/c1-17(2,3)22-16(21)20-12-14(13-7-5-4-6-8-13)15(11-19)18(20)9-10-18/h4-8,14-15H,9-10,12H2,1-3H3/t14-,15-/m1/s1. The van der Waals surface area contributed by atoms with Gasteiger partial charge in [0.25, 0.3) is 0 Å². The van der Waals surface area contributed by atoms with Gasteiger partial charge in [0.2, 0.25) is 0 Å². The second-order valence-corrected chi connectivity index (χ2v) is 7.32. The maximum absolute atomic E-state index is 12.5. The van der Waals surface area contributed by atoms with Crippen LogP contribution < -0.4 is 0 Å². The average Bonchev–Trinajstić information content (AvgIpc) is 3.14. The van der Waals surface area contributed by atoms with Gasteiger partial charge in [0.05, 0.1) is 17.5 Å². The van der Waals surface area contributed by atoms with Crippen LogP contribution in [0.3, 0.4) is 0 Å². The first kappa shape index (κ1) is 14.9. The third-order valence-corrected chi connectivity index (χ3v) is 4.64. The van der Waals surface area contributed by atoms with E-state index >= 15 is 0 Å². The largest absolute Gasteiger partial charge is 0.444 e. The van der Waals surface area contributed by atoms with Crippen LogP contribution in [0.5, 0.6) is 0 Å². The second kappa shape index (κ2) is 5.01. The van der Waals surface area contributed by atoms with Crippen molar-refractivity contribution in [2.24, 2.45) is 5.92 Å². The first-order valence-electron chi connectivity index (χ1n) is 7.82. The zero-order valence-corrected chi connectivity index (χ0v) is 13.4. The number of nitrogens with zero attached hydrogens (tertiary/aromatic N) is 2. The molecule has 0 radical (unpaired) electrons. The molecule has 1 aliphatic carbocycles. The molecule has 1 heterocycles. The van der Waals surface area contributed by atoms with Gasteiger partial charge in [-0.3, -0.25) is 0 Å². The van der Waals surface area contributed by atoms with Crippen molar-refractivity contribution < 1.29 is 9.53 Å². The van der Waals surface area contributed by atoms with E-state index in [1.165, 1.54) is 0 Å². The lowest BCUT2D eigenvalue weighted by atomic mass is 9.85. The molecule has 22 heavy (non-hydrogen) atoms. The van der Waals surface area contributed by atoms with Gasteiger partial charge in [-0.05, 0) is 39.2 Å². The van der Waals surface area contributed by atoms with Crippen molar-refractivity contribution in [3.8, 4) is 6.07 Å². The van der Waals surface area contributed by atoms with E-state index in [1.807, 2.05) is 56.0 Å². The number of benzene rings is 1. The molecule has 2 fully saturated rings. The van der Waals surface area contributed by atoms with Crippen LogP contribution in [0.1, 0.15) is 45.1 Å². The molecule has 116 valence electrons. The fourth-order valence-electron chi connectivity index (χ4n) is 3.52. The first-order chi connectivity index (χ1) is 10.4. The van der Waals surface area contributed by atoms with Crippen molar-refractivity contribution >= 4 is 6.09 Å². The molecule has 2 atom stereocenters. The maximum Gasteiger partial charge on any atom is 0.410 e. The molecule has 0 unspecified atom stereocenters. The Morgan fingerprint density at radius 3 is 2.45 bits per heavy atom. The molecule has 4 nitrogen and oxygen atoms in total. The quantitative estimate of drug-likeness (QED) is 0.794. The SMILES string of the molecule is CC(C)(C)OC(=O)N1C[C@H](c2ccccc2)[C@@H](C#N)C12CC2. The molecule has 4 heteroatoms. The average molecular weight is 298 g/mol. The van der Waals surface area contributed by atoms with Gasteiger partial charge in [0, 0.05) is 12.5 Å². The summed E-state index contributed by atoms with van der Waals surface area (Å²) in [6.45, 7) is 6.18. The Morgan fingerprint density at radius 2 is 1.95 bits per heavy atom. The number of hydrogen-bond donors (Lipinski definition) is 0. The normalized spacial score (nSPS) is 25.8. The van der Waals surface area contributed by atoms with E-state index < -0.39 is 5.60 Å². The number of nitriles is 1. The fourth-order valence-corrected chi connectivity index (χ4v) is 3.52. The number of amides is 1. The minimum absolute atomic E-state index is 0.0706. The van der Waals surface area contributed by atoms with Crippen molar-refractivity contribution in [1.29, 1.82) is 5.26 Å². The minimum Gasteiger partial charge on any atom is -0.444 e. The van der Waals surface area contributed by atoms with Gasteiger partial charge in [0.15, 0.2) is 0 Å². The van der Waals surface area contributed by atoms with Gasteiger partial charge in [0.1, 0.15) is 5.60 Å². The molecule has 1 aromatic carbocycles. The molecule has 1 amide bonds. The number of carbonyl (C=O) groups excluding carboxylic acids is 1. The Morgan fingerprint density at radius 1 is 1.32 bits per heavy atom. The third-order valence-electron chi connectivity index (χ3n) is 4.64. The summed E-state index contributed by atoms with van der Waals surface area (Å²) in [4.78, 5) is 14.4. The molecule has 1 aromatic rings. The number of ether oxygens (including phenoxy) is 1. The summed E-state index contributed by atoms with van der Waals surface area (Å²) in [5.41, 5.74) is 0.309. The summed E-state index contributed by atoms with van der Waals surface area (Å²) in [5, 5.41) is 9.68. The van der Waals surface area contributed by atoms with Crippen LogP contribution in [-0.2, 0) is 4.74 Å². The van der Waals surface area contributed by atoms with Gasteiger partial charge in [-0.25, -0.2) is 4.79 Å². The van der Waals surface area contributed by atoms with E-state index in [9.17, 15) is 10.1 Å². The van der Waals surface area contributed by atoms with Gasteiger partial charge >= 0.3 is 6.09 Å². The predicted octanol–water partition coefficient (Wildman–Crippen LogP) is 3.69. The van der Waals surface area contributed by atoms with E-state index in [4.69, 9.17) is 4.74 Å². The van der Waals surface area contributed by atoms with E-state index in [1.54, 1.807) is 0 Å². The Bertz CT molecular complexity index is 608. The van der Waals surface area contributed by atoms with Gasteiger partial charge in [-0.15, -0.1) is 0 Å². The van der Waals surface area contributed by atoms with Crippen molar-refractivity contribution in [3.63, 3.8) is 0 Å². The van der Waals surface area contributed by atoms with Crippen molar-refractivity contribution in [3.05, 3.63) is 35.9 Å². The van der Waals surface area contributed by atoms with Crippen molar-refractivity contribution in [2.75, 3.05) is 6.54 Å². The van der Waals surface area contributed by atoms with E-state index in [0.717, 1.165) is 18.4 Å². The van der Waals surface area contributed by atoms with Crippen LogP contribution in [-0.4, -0.2) is 28.7 Å². The molecule has 1 saturated carbocycles. The highest BCUT2D eigenvalue weighted by atomic mass is 16.6. The Hall–Kier alpha value is -2.02. The summed E-state index contributed by atoms with van der Waals surface area (Å²) in [5.74, 6) is -0.0800. The molecule has 2 aliphatic rings. The molecule has 0 N–H and O–H groups in total. The van der Waals surface area contributed by atoms with Crippen LogP contribution in [0.15, 0.2) is 30.3 Å². The predicted molar refractivity (Wildman–Crippen MR) is 83.2 cm³/mol. The summed E-state index contributed by atoms with van der Waals surface area (Å²) in [7, 11) is 0. The first-order valence-corrected chi connectivity index (χ1v) is 7.82. The number of hydrogen-bond acceptors (Lipinski definition) is 3. The smallest absolute Gasteiger partial charge is 0.410 e. The fraction of sp³-hybridized carbons (Fsp3) is 0.556. The van der Waals surface area contributed by atoms with Crippen LogP contribution in [0, 0.1) is 17.2 Å². The molecule has 1 saturated heterocycles. The summed E-state index contributed by atoms with van der Waals surface area (Å²) >= 11 is 0. The van der Waals surface area contributed by atoms with Crippen LogP contribution in [0.4, 0.5) is 4.79 Å². The molecular weight excluding hydrogens is 276 g/mol. The molecular formula is C18H22N2O2. The van der Waals surface area contributed by atoms with Crippen molar-refractivity contribution in [1.82, 2.24) is 4.90 Å². The van der Waals surface area contributed by atoms with Gasteiger partial charge < -0.3 is 9.64 Å². The summed E-state index contributed by atoms with van der Waals surface area (Å²) in [6, 6.07) is 12.5. The van der Waals surface area contributed by atoms with Crippen molar-refractivity contribution in [2.45, 2.75) is 50.7 Å². The van der Waals surface area contributed by atoms with Crippen LogP contribution in [0.25, 0.3) is 0 Å². The zero-order chi connectivity index (χ0) is 16.0. The van der Waals surface area contributed by atoms with Gasteiger partial charge in [-0.2, -0.15) is 5.26 Å². The lowest BCUT2D eigenvalue weighted by molar-refractivity contribution is 0.0190. The summed E-state index contributed by atoms with van der Waals surface area (Å²) in [6.07, 6.45) is 1.51. The Kier molecular flexibility index (Phi) is 3.40.